The predicted octanol–water partition coefficient (Wildman–Crippen LogP) is 2.27. The van der Waals surface area contributed by atoms with Gasteiger partial charge in [-0.25, -0.2) is 4.98 Å². The highest BCUT2D eigenvalue weighted by molar-refractivity contribution is 6.77. The fraction of sp³-hybridized carbons (Fsp3) is 0.333. The smallest absolute Gasteiger partial charge is 0.256 e. The first-order valence-electron chi connectivity index (χ1n) is 3.04. The summed E-state index contributed by atoms with van der Waals surface area (Å²) in [4.78, 5) is 17.6. The van der Waals surface area contributed by atoms with Gasteiger partial charge in [0.25, 0.3) is 3.79 Å². The van der Waals surface area contributed by atoms with Gasteiger partial charge in [0, 0.05) is 11.9 Å². The molecule has 1 N–H and O–H groups in total. The standard InChI is InChI=1S/C6H5Cl3N2O/c1-3-2-10-5(11-3)4(12)6(7,8)9/h2H,1H3,(H,10,11). The molecule has 0 aliphatic heterocycles. The van der Waals surface area contributed by atoms with Crippen LogP contribution < -0.4 is 0 Å². The number of nitrogens with one attached hydrogen (secondary N) is 1. The van der Waals surface area contributed by atoms with Crippen LogP contribution in [0, 0.1) is 6.92 Å². The van der Waals surface area contributed by atoms with Gasteiger partial charge < -0.3 is 4.98 Å². The number of alkyl halides is 3. The van der Waals surface area contributed by atoms with Gasteiger partial charge in [-0.2, -0.15) is 0 Å². The van der Waals surface area contributed by atoms with E-state index in [9.17, 15) is 4.79 Å². The zero-order valence-electron chi connectivity index (χ0n) is 6.07. The van der Waals surface area contributed by atoms with E-state index < -0.39 is 9.58 Å². The van der Waals surface area contributed by atoms with Gasteiger partial charge in [0.1, 0.15) is 0 Å². The minimum Gasteiger partial charge on any atom is -0.340 e. The molecule has 0 saturated heterocycles. The molecule has 0 aliphatic rings. The lowest BCUT2D eigenvalue weighted by Gasteiger charge is -2.05. The minimum absolute atomic E-state index is 0.0625. The van der Waals surface area contributed by atoms with Crippen LogP contribution in [0.15, 0.2) is 6.20 Å². The highest BCUT2D eigenvalue weighted by Crippen LogP contribution is 2.29. The number of ketones is 1. The SMILES string of the molecule is Cc1cnc(C(=O)C(Cl)(Cl)Cl)[nH]1. The Balaban J connectivity index is 2.93. The normalized spacial score (nSPS) is 11.7. The van der Waals surface area contributed by atoms with Crippen molar-refractivity contribution in [3.8, 4) is 0 Å². The number of carbonyl (C=O) groups excluding carboxylic acids is 1. The molecule has 1 aromatic rings. The summed E-state index contributed by atoms with van der Waals surface area (Å²) in [6.45, 7) is 1.75. The van der Waals surface area contributed by atoms with E-state index in [-0.39, 0.29) is 5.82 Å². The fourth-order valence-corrected chi connectivity index (χ4v) is 0.931. The average Bonchev–Trinajstić information content (AvgIpc) is 2.32. The summed E-state index contributed by atoms with van der Waals surface area (Å²) in [6, 6.07) is 0. The van der Waals surface area contributed by atoms with E-state index in [4.69, 9.17) is 34.8 Å². The number of aryl methyl sites for hydroxylation is 1. The van der Waals surface area contributed by atoms with Crippen molar-refractivity contribution >= 4 is 40.6 Å². The largest absolute Gasteiger partial charge is 0.340 e. The summed E-state index contributed by atoms with van der Waals surface area (Å²) in [6.07, 6.45) is 1.49. The Hall–Kier alpha value is -0.250. The number of aromatic nitrogens is 2. The molecule has 0 aromatic carbocycles. The Morgan fingerprint density at radius 3 is 2.50 bits per heavy atom. The fourth-order valence-electron chi connectivity index (χ4n) is 0.662. The van der Waals surface area contributed by atoms with E-state index in [1.165, 1.54) is 6.20 Å². The molecular formula is C6H5Cl3N2O. The summed E-state index contributed by atoms with van der Waals surface area (Å²) in [5.41, 5.74) is 0.743. The number of halogens is 3. The van der Waals surface area contributed by atoms with Crippen molar-refractivity contribution in [2.24, 2.45) is 0 Å². The Labute approximate surface area is 84.0 Å². The molecule has 0 unspecified atom stereocenters. The molecule has 0 radical (unpaired) electrons. The van der Waals surface area contributed by atoms with Gasteiger partial charge >= 0.3 is 0 Å². The minimum atomic E-state index is -1.94. The third kappa shape index (κ3) is 2.12. The number of hydrogen-bond acceptors (Lipinski definition) is 2. The van der Waals surface area contributed by atoms with Crippen molar-refractivity contribution in [2.75, 3.05) is 0 Å². The third-order valence-corrected chi connectivity index (χ3v) is 1.69. The zero-order chi connectivity index (χ0) is 9.35. The predicted molar refractivity (Wildman–Crippen MR) is 47.9 cm³/mol. The van der Waals surface area contributed by atoms with Crippen LogP contribution in [-0.2, 0) is 0 Å². The number of imidazole rings is 1. The van der Waals surface area contributed by atoms with Gasteiger partial charge in [0.15, 0.2) is 5.82 Å². The molecule has 0 bridgehead atoms. The van der Waals surface area contributed by atoms with Crippen molar-refractivity contribution in [2.45, 2.75) is 10.7 Å². The van der Waals surface area contributed by atoms with Crippen LogP contribution in [0.3, 0.4) is 0 Å². The van der Waals surface area contributed by atoms with Crippen molar-refractivity contribution in [3.63, 3.8) is 0 Å². The topological polar surface area (TPSA) is 45.8 Å². The van der Waals surface area contributed by atoms with Crippen LogP contribution in [0.4, 0.5) is 0 Å². The summed E-state index contributed by atoms with van der Waals surface area (Å²) in [5.74, 6) is -0.590. The molecule has 0 aliphatic carbocycles. The number of Topliss-reactive ketones (excluding diaryl/α,β-unsaturated/α-hetero) is 1. The van der Waals surface area contributed by atoms with Crippen LogP contribution >= 0.6 is 34.8 Å². The number of nitrogens with zero attached hydrogens (tertiary/aromatic N) is 1. The zero-order valence-corrected chi connectivity index (χ0v) is 8.33. The molecule has 0 spiro atoms. The Morgan fingerprint density at radius 2 is 2.17 bits per heavy atom. The second kappa shape index (κ2) is 3.24. The third-order valence-electron chi connectivity index (χ3n) is 1.18. The maximum absolute atomic E-state index is 11.2. The lowest BCUT2D eigenvalue weighted by Crippen LogP contribution is -2.20. The summed E-state index contributed by atoms with van der Waals surface area (Å²) >= 11 is 16.0. The van der Waals surface area contributed by atoms with E-state index >= 15 is 0 Å². The first-order chi connectivity index (χ1) is 5.41. The highest BCUT2D eigenvalue weighted by Gasteiger charge is 2.33. The number of carbonyl (C=O) groups is 1. The number of H-pyrrole nitrogens is 1. The van der Waals surface area contributed by atoms with E-state index in [1.54, 1.807) is 6.92 Å². The van der Waals surface area contributed by atoms with Crippen LogP contribution in [0.5, 0.6) is 0 Å². The average molecular weight is 227 g/mol. The monoisotopic (exact) mass is 226 g/mol. The van der Waals surface area contributed by atoms with E-state index in [2.05, 4.69) is 9.97 Å². The first kappa shape index (κ1) is 9.84. The van der Waals surface area contributed by atoms with Crippen LogP contribution in [-0.4, -0.2) is 19.5 Å². The summed E-state index contributed by atoms with van der Waals surface area (Å²) < 4.78 is -1.94. The van der Waals surface area contributed by atoms with Gasteiger partial charge in [-0.05, 0) is 6.92 Å². The van der Waals surface area contributed by atoms with Crippen LogP contribution in [0.1, 0.15) is 16.3 Å². The van der Waals surface area contributed by atoms with E-state index in [1.807, 2.05) is 0 Å². The van der Waals surface area contributed by atoms with Crippen molar-refractivity contribution in [1.82, 2.24) is 9.97 Å². The molecule has 0 atom stereocenters. The molecule has 1 aromatic heterocycles. The number of aromatic amines is 1. The van der Waals surface area contributed by atoms with E-state index in [0.717, 1.165) is 5.69 Å². The lowest BCUT2D eigenvalue weighted by molar-refractivity contribution is 0.0987. The molecule has 3 nitrogen and oxygen atoms in total. The number of hydrogen-bond donors (Lipinski definition) is 1. The molecule has 66 valence electrons. The lowest BCUT2D eigenvalue weighted by atomic mass is 10.4. The highest BCUT2D eigenvalue weighted by atomic mass is 35.6. The van der Waals surface area contributed by atoms with Gasteiger partial charge in [-0.15, -0.1) is 0 Å². The van der Waals surface area contributed by atoms with Gasteiger partial charge in [0.05, 0.1) is 0 Å². The van der Waals surface area contributed by atoms with Gasteiger partial charge in [-0.3, -0.25) is 4.79 Å². The number of rotatable bonds is 1. The quantitative estimate of drug-likeness (QED) is 0.591. The molecule has 0 amide bonds. The maximum atomic E-state index is 11.2. The first-order valence-corrected chi connectivity index (χ1v) is 4.18. The molecule has 12 heavy (non-hydrogen) atoms. The molecule has 6 heteroatoms. The molecule has 1 rings (SSSR count). The van der Waals surface area contributed by atoms with Crippen LogP contribution in [0.2, 0.25) is 0 Å². The Kier molecular flexibility index (Phi) is 2.66. The van der Waals surface area contributed by atoms with Gasteiger partial charge in [0.2, 0.25) is 5.78 Å². The molecule has 1 heterocycles. The maximum Gasteiger partial charge on any atom is 0.256 e. The van der Waals surface area contributed by atoms with Crippen molar-refractivity contribution < 1.29 is 4.79 Å². The second-order valence-electron chi connectivity index (χ2n) is 2.24. The van der Waals surface area contributed by atoms with E-state index in [0.29, 0.717) is 0 Å². The van der Waals surface area contributed by atoms with Crippen LogP contribution in [0.25, 0.3) is 0 Å². The Bertz CT molecular complexity index is 302. The molecule has 0 fully saturated rings. The van der Waals surface area contributed by atoms with Gasteiger partial charge in [-0.1, -0.05) is 34.8 Å². The molecule has 0 saturated carbocycles. The van der Waals surface area contributed by atoms with Crippen molar-refractivity contribution in [1.29, 1.82) is 0 Å². The molecular weight excluding hydrogens is 222 g/mol. The second-order valence-corrected chi connectivity index (χ2v) is 4.52. The summed E-state index contributed by atoms with van der Waals surface area (Å²) in [7, 11) is 0. The summed E-state index contributed by atoms with van der Waals surface area (Å²) in [5, 5.41) is 0. The van der Waals surface area contributed by atoms with Crippen molar-refractivity contribution in [3.05, 3.63) is 17.7 Å². The Morgan fingerprint density at radius 1 is 1.58 bits per heavy atom.